The lowest BCUT2D eigenvalue weighted by Crippen LogP contribution is -2.23. The minimum absolute atomic E-state index is 0.153. The van der Waals surface area contributed by atoms with E-state index in [1.807, 2.05) is 0 Å². The summed E-state index contributed by atoms with van der Waals surface area (Å²) in [5, 5.41) is 2.92. The lowest BCUT2D eigenvalue weighted by Gasteiger charge is -2.17. The maximum absolute atomic E-state index is 13.6. The van der Waals surface area contributed by atoms with Gasteiger partial charge in [-0.3, -0.25) is 0 Å². The summed E-state index contributed by atoms with van der Waals surface area (Å²) >= 11 is 2.85. The van der Waals surface area contributed by atoms with Crippen molar-refractivity contribution in [3.63, 3.8) is 0 Å². The van der Waals surface area contributed by atoms with Gasteiger partial charge in [0.25, 0.3) is 0 Å². The molecule has 1 aromatic carbocycles. The van der Waals surface area contributed by atoms with Gasteiger partial charge in [-0.1, -0.05) is 0 Å². The highest BCUT2D eigenvalue weighted by molar-refractivity contribution is 9.10. The quantitative estimate of drug-likeness (QED) is 0.676. The Kier molecular flexibility index (Phi) is 2.68. The van der Waals surface area contributed by atoms with Gasteiger partial charge >= 0.3 is 0 Å². The minimum atomic E-state index is -0.627. The van der Waals surface area contributed by atoms with Crippen LogP contribution >= 0.6 is 15.9 Å². The van der Waals surface area contributed by atoms with E-state index in [4.69, 9.17) is 4.74 Å². The van der Waals surface area contributed by atoms with E-state index < -0.39 is 17.4 Å². The maximum atomic E-state index is 13.6. The van der Waals surface area contributed by atoms with Crippen molar-refractivity contribution in [3.8, 4) is 0 Å². The van der Waals surface area contributed by atoms with Gasteiger partial charge in [-0.25, -0.2) is 8.78 Å². The number of hydrogen-bond acceptors (Lipinski definition) is 2. The topological polar surface area (TPSA) is 21.3 Å². The van der Waals surface area contributed by atoms with E-state index >= 15 is 0 Å². The van der Waals surface area contributed by atoms with Crippen LogP contribution in [0.4, 0.5) is 14.5 Å². The van der Waals surface area contributed by atoms with Gasteiger partial charge in [0.05, 0.1) is 10.2 Å². The van der Waals surface area contributed by atoms with Gasteiger partial charge in [-0.05, 0) is 40.9 Å². The van der Waals surface area contributed by atoms with Crippen molar-refractivity contribution in [2.45, 2.75) is 18.6 Å². The average Bonchev–Trinajstić information content (AvgIpc) is 3.00. The molecular formula is C10H10BrF2NO. The van der Waals surface area contributed by atoms with Crippen molar-refractivity contribution < 1.29 is 13.5 Å². The molecule has 2 nitrogen and oxygen atoms in total. The normalized spacial score (nSPS) is 17.6. The summed E-state index contributed by atoms with van der Waals surface area (Å²) in [6.45, 7) is 0. The molecule has 82 valence electrons. The number of ether oxygens (including phenoxy) is 1. The summed E-state index contributed by atoms with van der Waals surface area (Å²) in [4.78, 5) is 0. The second kappa shape index (κ2) is 3.72. The molecule has 0 bridgehead atoms. The number of rotatable bonds is 3. The van der Waals surface area contributed by atoms with Crippen LogP contribution in [0.2, 0.25) is 0 Å². The van der Waals surface area contributed by atoms with Crippen LogP contribution in [0, 0.1) is 11.6 Å². The zero-order valence-corrected chi connectivity index (χ0v) is 9.70. The van der Waals surface area contributed by atoms with Gasteiger partial charge in [0.15, 0.2) is 5.82 Å². The number of anilines is 1. The second-order valence-corrected chi connectivity index (χ2v) is 4.34. The predicted molar refractivity (Wildman–Crippen MR) is 56.7 cm³/mol. The highest BCUT2D eigenvalue weighted by Gasteiger charge is 2.43. The first kappa shape index (κ1) is 10.8. The van der Waals surface area contributed by atoms with Gasteiger partial charge in [0, 0.05) is 7.11 Å². The molecule has 0 amide bonds. The standard InChI is InChI=1S/C10H10BrF2NO/c1-15-10(4-5-10)14-7-3-2-6(12)8(11)9(7)13/h2-3,14H,4-5H2,1H3. The fourth-order valence-corrected chi connectivity index (χ4v) is 1.71. The van der Waals surface area contributed by atoms with E-state index in [0.29, 0.717) is 0 Å². The third kappa shape index (κ3) is 1.99. The Labute approximate surface area is 94.7 Å². The summed E-state index contributed by atoms with van der Waals surface area (Å²) in [7, 11) is 1.57. The molecule has 0 unspecified atom stereocenters. The zero-order chi connectivity index (χ0) is 11.1. The van der Waals surface area contributed by atoms with E-state index in [-0.39, 0.29) is 10.2 Å². The van der Waals surface area contributed by atoms with E-state index in [1.54, 1.807) is 7.11 Å². The van der Waals surface area contributed by atoms with Crippen molar-refractivity contribution in [1.82, 2.24) is 0 Å². The molecule has 0 heterocycles. The first-order chi connectivity index (χ1) is 7.08. The predicted octanol–water partition coefficient (Wildman–Crippen LogP) is 3.28. The maximum Gasteiger partial charge on any atom is 0.163 e. The van der Waals surface area contributed by atoms with Crippen LogP contribution in [-0.4, -0.2) is 12.8 Å². The van der Waals surface area contributed by atoms with Crippen molar-refractivity contribution >= 4 is 21.6 Å². The molecule has 0 atom stereocenters. The number of nitrogens with one attached hydrogen (secondary N) is 1. The Balaban J connectivity index is 2.26. The molecule has 0 spiro atoms. The Morgan fingerprint density at radius 2 is 2.07 bits per heavy atom. The Morgan fingerprint density at radius 3 is 2.60 bits per heavy atom. The molecule has 0 aliphatic heterocycles. The Bertz CT molecular complexity index is 393. The smallest absolute Gasteiger partial charge is 0.163 e. The molecule has 5 heteroatoms. The lowest BCUT2D eigenvalue weighted by molar-refractivity contribution is 0.104. The van der Waals surface area contributed by atoms with Gasteiger partial charge in [-0.15, -0.1) is 0 Å². The lowest BCUT2D eigenvalue weighted by atomic mass is 10.3. The summed E-state index contributed by atoms with van der Waals surface area (Å²) in [5.74, 6) is -1.24. The van der Waals surface area contributed by atoms with E-state index in [9.17, 15) is 8.78 Å². The Morgan fingerprint density at radius 1 is 1.40 bits per heavy atom. The molecule has 15 heavy (non-hydrogen) atoms. The third-order valence-electron chi connectivity index (χ3n) is 2.49. The highest BCUT2D eigenvalue weighted by atomic mass is 79.9. The number of halogens is 3. The van der Waals surface area contributed by atoms with Crippen LogP contribution in [0.3, 0.4) is 0 Å². The monoisotopic (exact) mass is 277 g/mol. The van der Waals surface area contributed by atoms with Crippen molar-refractivity contribution in [1.29, 1.82) is 0 Å². The molecule has 1 aliphatic carbocycles. The number of benzene rings is 1. The van der Waals surface area contributed by atoms with Gasteiger partial charge in [-0.2, -0.15) is 0 Å². The molecule has 2 rings (SSSR count). The summed E-state index contributed by atoms with van der Waals surface area (Å²) in [6.07, 6.45) is 1.66. The van der Waals surface area contributed by atoms with Crippen LogP contribution < -0.4 is 5.32 Å². The largest absolute Gasteiger partial charge is 0.359 e. The molecule has 1 saturated carbocycles. The number of methoxy groups -OCH3 is 1. The zero-order valence-electron chi connectivity index (χ0n) is 8.11. The average molecular weight is 278 g/mol. The molecule has 1 aromatic rings. The van der Waals surface area contributed by atoms with Crippen molar-refractivity contribution in [3.05, 3.63) is 28.2 Å². The highest BCUT2D eigenvalue weighted by Crippen LogP contribution is 2.40. The van der Waals surface area contributed by atoms with Crippen LogP contribution in [0.25, 0.3) is 0 Å². The third-order valence-corrected chi connectivity index (χ3v) is 3.22. The van der Waals surface area contributed by atoms with Crippen LogP contribution in [0.1, 0.15) is 12.8 Å². The molecule has 1 fully saturated rings. The molecule has 0 radical (unpaired) electrons. The molecule has 1 N–H and O–H groups in total. The van der Waals surface area contributed by atoms with E-state index in [1.165, 1.54) is 12.1 Å². The van der Waals surface area contributed by atoms with Gasteiger partial charge < -0.3 is 10.1 Å². The van der Waals surface area contributed by atoms with E-state index in [2.05, 4.69) is 21.2 Å². The summed E-state index contributed by atoms with van der Waals surface area (Å²) < 4.78 is 31.5. The first-order valence-electron chi connectivity index (χ1n) is 4.55. The summed E-state index contributed by atoms with van der Waals surface area (Å²) in [5.41, 5.74) is -0.208. The first-order valence-corrected chi connectivity index (χ1v) is 5.34. The molecular weight excluding hydrogens is 268 g/mol. The molecule has 1 aliphatic rings. The van der Waals surface area contributed by atoms with Crippen LogP contribution in [0.15, 0.2) is 16.6 Å². The van der Waals surface area contributed by atoms with Gasteiger partial charge in [0.2, 0.25) is 0 Å². The minimum Gasteiger partial charge on any atom is -0.359 e. The SMILES string of the molecule is COC1(Nc2ccc(F)c(Br)c2F)CC1. The van der Waals surface area contributed by atoms with Gasteiger partial charge in [0.1, 0.15) is 11.5 Å². The summed E-state index contributed by atoms with van der Waals surface area (Å²) in [6, 6.07) is 2.58. The number of hydrogen-bond donors (Lipinski definition) is 1. The molecule has 0 saturated heterocycles. The van der Waals surface area contributed by atoms with Crippen LogP contribution in [-0.2, 0) is 4.74 Å². The van der Waals surface area contributed by atoms with Crippen molar-refractivity contribution in [2.75, 3.05) is 12.4 Å². The Hall–Kier alpha value is -0.680. The van der Waals surface area contributed by atoms with Crippen molar-refractivity contribution in [2.24, 2.45) is 0 Å². The fraction of sp³-hybridized carbons (Fsp3) is 0.400. The fourth-order valence-electron chi connectivity index (χ4n) is 1.36. The van der Waals surface area contributed by atoms with Crippen LogP contribution in [0.5, 0.6) is 0 Å². The van der Waals surface area contributed by atoms with E-state index in [0.717, 1.165) is 12.8 Å². The molecule has 0 aromatic heterocycles. The second-order valence-electron chi connectivity index (χ2n) is 3.55.